The molecule has 142 valence electrons. The molecule has 27 heavy (non-hydrogen) atoms. The normalized spacial score (nSPS) is 16.8. The highest BCUT2D eigenvalue weighted by atomic mass is 32.2. The molecule has 1 fully saturated rings. The zero-order valence-electron chi connectivity index (χ0n) is 15.7. The molecule has 0 radical (unpaired) electrons. The largest absolute Gasteiger partial charge is 0.296 e. The zero-order chi connectivity index (χ0) is 19.0. The average Bonchev–Trinajstić information content (AvgIpc) is 2.98. The standard InChI is InChI=1S/C20H24N4O2S/c1-16-19(14-22(2)21-16)15-23-9-11-24(12-10-23)27(25,26)20-8-7-17-5-3-4-6-18(17)13-20/h3-8,13-14H,9-12,15H2,1-2H3. The Balaban J connectivity index is 1.46. The van der Waals surface area contributed by atoms with Gasteiger partial charge >= 0.3 is 0 Å². The molecule has 0 bridgehead atoms. The number of nitrogens with zero attached hydrogens (tertiary/aromatic N) is 4. The van der Waals surface area contributed by atoms with Gasteiger partial charge in [0.2, 0.25) is 10.0 Å². The van der Waals surface area contributed by atoms with E-state index in [2.05, 4.69) is 10.00 Å². The highest BCUT2D eigenvalue weighted by molar-refractivity contribution is 7.89. The van der Waals surface area contributed by atoms with E-state index in [0.717, 1.165) is 36.1 Å². The summed E-state index contributed by atoms with van der Waals surface area (Å²) in [4.78, 5) is 2.66. The van der Waals surface area contributed by atoms with Crippen LogP contribution in [0.25, 0.3) is 10.8 Å². The molecular weight excluding hydrogens is 360 g/mol. The molecule has 0 N–H and O–H groups in total. The highest BCUT2D eigenvalue weighted by Crippen LogP contribution is 2.23. The maximum atomic E-state index is 13.0. The smallest absolute Gasteiger partial charge is 0.243 e. The minimum Gasteiger partial charge on any atom is -0.296 e. The molecule has 0 spiro atoms. The van der Waals surface area contributed by atoms with Gasteiger partial charge in [0.05, 0.1) is 10.6 Å². The van der Waals surface area contributed by atoms with Crippen LogP contribution in [0, 0.1) is 6.92 Å². The number of piperazine rings is 1. The van der Waals surface area contributed by atoms with E-state index in [-0.39, 0.29) is 0 Å². The van der Waals surface area contributed by atoms with Crippen molar-refractivity contribution in [2.45, 2.75) is 18.4 Å². The van der Waals surface area contributed by atoms with Crippen molar-refractivity contribution in [3.63, 3.8) is 0 Å². The summed E-state index contributed by atoms with van der Waals surface area (Å²) in [7, 11) is -1.54. The van der Waals surface area contributed by atoms with Crippen molar-refractivity contribution in [3.8, 4) is 0 Å². The molecule has 2 heterocycles. The van der Waals surface area contributed by atoms with Gasteiger partial charge in [-0.1, -0.05) is 30.3 Å². The van der Waals surface area contributed by atoms with E-state index in [4.69, 9.17) is 0 Å². The van der Waals surface area contributed by atoms with Crippen LogP contribution in [0.4, 0.5) is 0 Å². The summed E-state index contributed by atoms with van der Waals surface area (Å²) in [6.45, 7) is 5.28. The number of fused-ring (bicyclic) bond motifs is 1. The number of rotatable bonds is 4. The third kappa shape index (κ3) is 3.63. The Labute approximate surface area is 160 Å². The molecule has 1 aliphatic heterocycles. The number of hydrogen-bond acceptors (Lipinski definition) is 4. The third-order valence-electron chi connectivity index (χ3n) is 5.20. The van der Waals surface area contributed by atoms with Gasteiger partial charge in [-0.3, -0.25) is 9.58 Å². The molecule has 1 saturated heterocycles. The van der Waals surface area contributed by atoms with Gasteiger partial charge < -0.3 is 0 Å². The quantitative estimate of drug-likeness (QED) is 0.693. The molecule has 7 heteroatoms. The van der Waals surface area contributed by atoms with Crippen LogP contribution >= 0.6 is 0 Å². The maximum absolute atomic E-state index is 13.0. The SMILES string of the molecule is Cc1nn(C)cc1CN1CCN(S(=O)(=O)c2ccc3ccccc3c2)CC1. The van der Waals surface area contributed by atoms with Crippen LogP contribution in [0.2, 0.25) is 0 Å². The Bertz CT molecular complexity index is 1070. The van der Waals surface area contributed by atoms with E-state index < -0.39 is 10.0 Å². The van der Waals surface area contributed by atoms with Crippen molar-refractivity contribution in [2.75, 3.05) is 26.2 Å². The first-order chi connectivity index (χ1) is 12.9. The molecule has 4 rings (SSSR count). The van der Waals surface area contributed by atoms with E-state index in [1.54, 1.807) is 16.4 Å². The summed E-state index contributed by atoms with van der Waals surface area (Å²) in [5.41, 5.74) is 2.23. The fourth-order valence-electron chi connectivity index (χ4n) is 3.65. The Morgan fingerprint density at radius 1 is 1.00 bits per heavy atom. The Morgan fingerprint density at radius 3 is 2.37 bits per heavy atom. The van der Waals surface area contributed by atoms with Crippen LogP contribution in [0.5, 0.6) is 0 Å². The van der Waals surface area contributed by atoms with E-state index in [1.165, 1.54) is 5.56 Å². The molecule has 1 aromatic heterocycles. The second-order valence-electron chi connectivity index (χ2n) is 7.10. The highest BCUT2D eigenvalue weighted by Gasteiger charge is 2.28. The zero-order valence-corrected chi connectivity index (χ0v) is 16.5. The van der Waals surface area contributed by atoms with E-state index in [9.17, 15) is 8.42 Å². The van der Waals surface area contributed by atoms with Gasteiger partial charge in [-0.2, -0.15) is 9.40 Å². The van der Waals surface area contributed by atoms with E-state index in [1.807, 2.05) is 55.2 Å². The molecule has 0 unspecified atom stereocenters. The summed E-state index contributed by atoms with van der Waals surface area (Å²) in [6, 6.07) is 13.2. The van der Waals surface area contributed by atoms with Gasteiger partial charge in [0.25, 0.3) is 0 Å². The summed E-state index contributed by atoms with van der Waals surface area (Å²) in [5, 5.41) is 6.38. The summed E-state index contributed by atoms with van der Waals surface area (Å²) < 4.78 is 29.5. The lowest BCUT2D eigenvalue weighted by molar-refractivity contribution is 0.181. The van der Waals surface area contributed by atoms with Gasteiger partial charge in [0.15, 0.2) is 0 Å². The van der Waals surface area contributed by atoms with Crippen molar-refractivity contribution < 1.29 is 8.42 Å². The van der Waals surface area contributed by atoms with Crippen LogP contribution in [-0.4, -0.2) is 53.6 Å². The number of benzene rings is 2. The lowest BCUT2D eigenvalue weighted by atomic mass is 10.1. The van der Waals surface area contributed by atoms with Crippen LogP contribution in [-0.2, 0) is 23.6 Å². The van der Waals surface area contributed by atoms with Gasteiger partial charge in [-0.15, -0.1) is 0 Å². The Morgan fingerprint density at radius 2 is 1.70 bits per heavy atom. The van der Waals surface area contributed by atoms with Crippen molar-refractivity contribution >= 4 is 20.8 Å². The first-order valence-electron chi connectivity index (χ1n) is 9.14. The first kappa shape index (κ1) is 18.2. The number of sulfonamides is 1. The van der Waals surface area contributed by atoms with Crippen LogP contribution < -0.4 is 0 Å². The van der Waals surface area contributed by atoms with Gasteiger partial charge in [0, 0.05) is 51.5 Å². The fraction of sp³-hybridized carbons (Fsp3) is 0.350. The average molecular weight is 385 g/mol. The van der Waals surface area contributed by atoms with Crippen molar-refractivity contribution in [1.82, 2.24) is 19.0 Å². The third-order valence-corrected chi connectivity index (χ3v) is 7.09. The predicted octanol–water partition coefficient (Wildman–Crippen LogP) is 2.39. The van der Waals surface area contributed by atoms with Crippen molar-refractivity contribution in [1.29, 1.82) is 0 Å². The molecule has 2 aromatic carbocycles. The molecule has 3 aromatic rings. The molecule has 0 atom stereocenters. The lowest BCUT2D eigenvalue weighted by Gasteiger charge is -2.33. The predicted molar refractivity (Wildman–Crippen MR) is 106 cm³/mol. The van der Waals surface area contributed by atoms with Crippen molar-refractivity contribution in [2.24, 2.45) is 7.05 Å². The Hall–Kier alpha value is -2.22. The van der Waals surface area contributed by atoms with E-state index in [0.29, 0.717) is 18.0 Å². The monoisotopic (exact) mass is 384 g/mol. The van der Waals surface area contributed by atoms with Gasteiger partial charge in [-0.05, 0) is 29.8 Å². The fourth-order valence-corrected chi connectivity index (χ4v) is 5.11. The molecule has 0 amide bonds. The molecule has 0 saturated carbocycles. The Kier molecular flexibility index (Phi) is 4.75. The van der Waals surface area contributed by atoms with Crippen LogP contribution in [0.3, 0.4) is 0 Å². The summed E-state index contributed by atoms with van der Waals surface area (Å²) in [5.74, 6) is 0. The number of aryl methyl sites for hydroxylation is 2. The summed E-state index contributed by atoms with van der Waals surface area (Å²) in [6.07, 6.45) is 2.04. The molecule has 0 aliphatic carbocycles. The minimum absolute atomic E-state index is 0.373. The van der Waals surface area contributed by atoms with E-state index >= 15 is 0 Å². The molecular formula is C20H24N4O2S. The maximum Gasteiger partial charge on any atom is 0.243 e. The van der Waals surface area contributed by atoms with Crippen molar-refractivity contribution in [3.05, 3.63) is 59.9 Å². The minimum atomic E-state index is -3.46. The molecule has 6 nitrogen and oxygen atoms in total. The second-order valence-corrected chi connectivity index (χ2v) is 9.04. The van der Waals surface area contributed by atoms with Gasteiger partial charge in [0.1, 0.15) is 0 Å². The summed E-state index contributed by atoms with van der Waals surface area (Å²) >= 11 is 0. The van der Waals surface area contributed by atoms with Gasteiger partial charge in [-0.25, -0.2) is 8.42 Å². The number of hydrogen-bond donors (Lipinski definition) is 0. The topological polar surface area (TPSA) is 58.4 Å². The first-order valence-corrected chi connectivity index (χ1v) is 10.6. The van der Waals surface area contributed by atoms with Crippen LogP contribution in [0.1, 0.15) is 11.3 Å². The number of aromatic nitrogens is 2. The molecule has 1 aliphatic rings. The lowest BCUT2D eigenvalue weighted by Crippen LogP contribution is -2.48. The van der Waals surface area contributed by atoms with Crippen LogP contribution in [0.15, 0.2) is 53.6 Å². The second kappa shape index (κ2) is 7.07.